The number of hydrogen-bond acceptors (Lipinski definition) is 1. The smallest absolute Gasteiger partial charge is 0.131 e. The van der Waals surface area contributed by atoms with E-state index in [4.69, 9.17) is 5.26 Å². The minimum absolute atomic E-state index is 0.0965. The zero-order chi connectivity index (χ0) is 22.3. The summed E-state index contributed by atoms with van der Waals surface area (Å²) < 4.78 is 15.0. The molecule has 0 N–H and O–H groups in total. The average Bonchev–Trinajstić information content (AvgIpc) is 2.84. The first-order chi connectivity index (χ1) is 15.7. The van der Waals surface area contributed by atoms with Gasteiger partial charge in [-0.2, -0.15) is 5.26 Å². The number of nitrogens with zero attached hydrogens (tertiary/aromatic N) is 1. The lowest BCUT2D eigenvalue weighted by atomic mass is 9.91. The average molecular weight is 442 g/mol. The normalized spacial score (nSPS) is 18.3. The second-order valence-electron chi connectivity index (χ2n) is 9.25. The molecule has 0 amide bonds. The SMILES string of the molecule is CCC[SiH]1CCC(c2ccc(-c3ccc(CCc4ccc(C#N)cc4)cc3)c(F)c2)CC1. The van der Waals surface area contributed by atoms with Crippen LogP contribution in [0.4, 0.5) is 4.39 Å². The van der Waals surface area contributed by atoms with Crippen LogP contribution in [0, 0.1) is 17.1 Å². The first kappa shape index (κ1) is 22.5. The van der Waals surface area contributed by atoms with Gasteiger partial charge in [0.1, 0.15) is 5.82 Å². The van der Waals surface area contributed by atoms with Crippen molar-refractivity contribution in [2.75, 3.05) is 0 Å². The second kappa shape index (κ2) is 10.7. The molecule has 3 aromatic rings. The molecular weight excluding hydrogens is 409 g/mol. The van der Waals surface area contributed by atoms with Gasteiger partial charge in [0.2, 0.25) is 0 Å². The lowest BCUT2D eigenvalue weighted by Crippen LogP contribution is -2.20. The van der Waals surface area contributed by atoms with E-state index in [1.165, 1.54) is 54.1 Å². The molecule has 0 bridgehead atoms. The second-order valence-corrected chi connectivity index (χ2v) is 12.7. The third-order valence-corrected chi connectivity index (χ3v) is 10.8. The molecule has 1 aliphatic heterocycles. The molecule has 0 aromatic heterocycles. The lowest BCUT2D eigenvalue weighted by Gasteiger charge is -2.28. The predicted molar refractivity (Wildman–Crippen MR) is 134 cm³/mol. The van der Waals surface area contributed by atoms with E-state index in [1.54, 1.807) is 6.07 Å². The predicted octanol–water partition coefficient (Wildman–Crippen LogP) is 7.66. The molecule has 1 nitrogen and oxygen atoms in total. The van der Waals surface area contributed by atoms with Gasteiger partial charge in [0.05, 0.1) is 11.6 Å². The van der Waals surface area contributed by atoms with Crippen molar-refractivity contribution in [1.29, 1.82) is 5.26 Å². The van der Waals surface area contributed by atoms with Crippen LogP contribution in [0.25, 0.3) is 11.1 Å². The molecule has 1 heterocycles. The van der Waals surface area contributed by atoms with Gasteiger partial charge in [-0.1, -0.05) is 80.0 Å². The van der Waals surface area contributed by atoms with Crippen LogP contribution >= 0.6 is 0 Å². The van der Waals surface area contributed by atoms with Gasteiger partial charge >= 0.3 is 0 Å². The van der Waals surface area contributed by atoms with Crippen molar-refractivity contribution in [3.8, 4) is 17.2 Å². The molecule has 0 saturated carbocycles. The Morgan fingerprint density at radius 2 is 1.53 bits per heavy atom. The summed E-state index contributed by atoms with van der Waals surface area (Å²) in [6.45, 7) is 2.30. The van der Waals surface area contributed by atoms with Crippen LogP contribution in [0.5, 0.6) is 0 Å². The van der Waals surface area contributed by atoms with Crippen molar-refractivity contribution in [2.45, 2.75) is 63.1 Å². The minimum Gasteiger partial charge on any atom is -0.206 e. The molecule has 1 fully saturated rings. The van der Waals surface area contributed by atoms with Crippen LogP contribution in [-0.4, -0.2) is 8.80 Å². The molecule has 3 heteroatoms. The molecule has 0 aliphatic carbocycles. The first-order valence-electron chi connectivity index (χ1n) is 12.0. The molecule has 1 aliphatic rings. The third kappa shape index (κ3) is 5.55. The van der Waals surface area contributed by atoms with Crippen LogP contribution < -0.4 is 0 Å². The van der Waals surface area contributed by atoms with E-state index in [2.05, 4.69) is 31.2 Å². The quantitative estimate of drug-likeness (QED) is 0.345. The Kier molecular flexibility index (Phi) is 7.55. The Morgan fingerprint density at radius 1 is 0.906 bits per heavy atom. The monoisotopic (exact) mass is 441 g/mol. The van der Waals surface area contributed by atoms with E-state index in [1.807, 2.05) is 42.5 Å². The fourth-order valence-corrected chi connectivity index (χ4v) is 8.53. The summed E-state index contributed by atoms with van der Waals surface area (Å²) >= 11 is 0. The highest BCUT2D eigenvalue weighted by Gasteiger charge is 2.23. The Labute approximate surface area is 193 Å². The van der Waals surface area contributed by atoms with E-state index in [0.717, 1.165) is 18.4 Å². The van der Waals surface area contributed by atoms with Crippen molar-refractivity contribution >= 4 is 8.80 Å². The molecular formula is C29H32FNSi. The van der Waals surface area contributed by atoms with Crippen LogP contribution in [-0.2, 0) is 12.8 Å². The van der Waals surface area contributed by atoms with Crippen LogP contribution in [0.3, 0.4) is 0 Å². The lowest BCUT2D eigenvalue weighted by molar-refractivity contribution is 0.589. The largest absolute Gasteiger partial charge is 0.206 e. The van der Waals surface area contributed by atoms with Crippen molar-refractivity contribution in [3.63, 3.8) is 0 Å². The highest BCUT2D eigenvalue weighted by atomic mass is 28.3. The van der Waals surface area contributed by atoms with Gasteiger partial charge in [0.25, 0.3) is 0 Å². The molecule has 3 aromatic carbocycles. The van der Waals surface area contributed by atoms with Gasteiger partial charge in [-0.15, -0.1) is 0 Å². The standard InChI is InChI=1S/C29H32FNSi/c1-2-17-32-18-15-25(16-19-32)27-13-14-28(29(30)20-27)26-11-9-23(10-12-26)4-3-22-5-7-24(21-31)8-6-22/h5-14,20,25,32H,2-4,15-19H2,1H3. The summed E-state index contributed by atoms with van der Waals surface area (Å²) in [7, 11) is -0.501. The van der Waals surface area contributed by atoms with E-state index in [-0.39, 0.29) is 5.82 Å². The zero-order valence-corrected chi connectivity index (χ0v) is 20.1. The highest BCUT2D eigenvalue weighted by molar-refractivity contribution is 6.59. The maximum atomic E-state index is 15.0. The zero-order valence-electron chi connectivity index (χ0n) is 19.0. The van der Waals surface area contributed by atoms with Crippen molar-refractivity contribution in [3.05, 3.63) is 94.8 Å². The van der Waals surface area contributed by atoms with Crippen LogP contribution in [0.2, 0.25) is 18.1 Å². The number of benzene rings is 3. The van der Waals surface area contributed by atoms with Crippen molar-refractivity contribution in [2.24, 2.45) is 0 Å². The molecule has 0 spiro atoms. The van der Waals surface area contributed by atoms with Crippen molar-refractivity contribution < 1.29 is 4.39 Å². The highest BCUT2D eigenvalue weighted by Crippen LogP contribution is 2.36. The van der Waals surface area contributed by atoms with Gasteiger partial charge in [-0.05, 0) is 72.1 Å². The molecule has 0 atom stereocenters. The van der Waals surface area contributed by atoms with Crippen LogP contribution in [0.15, 0.2) is 66.7 Å². The Bertz CT molecular complexity index is 1060. The van der Waals surface area contributed by atoms with Crippen LogP contribution in [0.1, 0.15) is 54.4 Å². The summed E-state index contributed by atoms with van der Waals surface area (Å²) in [6, 6.07) is 28.4. The van der Waals surface area contributed by atoms with E-state index >= 15 is 4.39 Å². The Balaban J connectivity index is 1.37. The molecule has 4 rings (SSSR count). The Morgan fingerprint density at radius 3 is 2.09 bits per heavy atom. The summed E-state index contributed by atoms with van der Waals surface area (Å²) in [5.41, 5.74) is 5.98. The van der Waals surface area contributed by atoms with E-state index < -0.39 is 8.80 Å². The number of aryl methyl sites for hydroxylation is 2. The minimum atomic E-state index is -0.501. The summed E-state index contributed by atoms with van der Waals surface area (Å²) in [4.78, 5) is 0. The fraction of sp³-hybridized carbons (Fsp3) is 0.345. The van der Waals surface area contributed by atoms with Gasteiger partial charge in [-0.3, -0.25) is 0 Å². The van der Waals surface area contributed by atoms with E-state index in [9.17, 15) is 0 Å². The summed E-state index contributed by atoms with van der Waals surface area (Å²) in [6.07, 6.45) is 5.70. The number of halogens is 1. The van der Waals surface area contributed by atoms with E-state index in [0.29, 0.717) is 17.0 Å². The van der Waals surface area contributed by atoms with Gasteiger partial charge in [0.15, 0.2) is 0 Å². The molecule has 0 unspecified atom stereocenters. The summed E-state index contributed by atoms with van der Waals surface area (Å²) in [5.74, 6) is 0.449. The molecule has 0 radical (unpaired) electrons. The van der Waals surface area contributed by atoms with Gasteiger partial charge in [-0.25, -0.2) is 4.39 Å². The Hall–Kier alpha value is -2.70. The fourth-order valence-electron chi connectivity index (χ4n) is 5.10. The first-order valence-corrected chi connectivity index (χ1v) is 14.5. The molecule has 1 saturated heterocycles. The van der Waals surface area contributed by atoms with Gasteiger partial charge < -0.3 is 0 Å². The number of rotatable bonds is 7. The topological polar surface area (TPSA) is 23.8 Å². The number of hydrogen-bond donors (Lipinski definition) is 0. The third-order valence-electron chi connectivity index (χ3n) is 7.06. The maximum Gasteiger partial charge on any atom is 0.131 e. The molecule has 32 heavy (non-hydrogen) atoms. The van der Waals surface area contributed by atoms with Crippen molar-refractivity contribution in [1.82, 2.24) is 0 Å². The maximum absolute atomic E-state index is 15.0. The molecule has 164 valence electrons. The number of nitriles is 1. The summed E-state index contributed by atoms with van der Waals surface area (Å²) in [5, 5.41) is 8.91. The van der Waals surface area contributed by atoms with Gasteiger partial charge in [0, 0.05) is 14.4 Å².